The van der Waals surface area contributed by atoms with Crippen molar-refractivity contribution in [3.05, 3.63) is 46.4 Å². The van der Waals surface area contributed by atoms with Gasteiger partial charge in [0, 0.05) is 11.9 Å². The molecule has 0 radical (unpaired) electrons. The van der Waals surface area contributed by atoms with Crippen molar-refractivity contribution in [2.45, 2.75) is 38.6 Å². The molecular formula is C17H20N2O2. The van der Waals surface area contributed by atoms with Crippen molar-refractivity contribution >= 4 is 16.7 Å². The molecule has 1 aliphatic rings. The van der Waals surface area contributed by atoms with E-state index in [2.05, 4.69) is 0 Å². The molecule has 1 heterocycles. The number of carbonyl (C=O) groups excluding carboxylic acids is 1. The number of pyridine rings is 1. The maximum atomic E-state index is 12.7. The highest BCUT2D eigenvalue weighted by Gasteiger charge is 2.19. The number of fused-ring (bicyclic) bond motifs is 1. The van der Waals surface area contributed by atoms with Gasteiger partial charge >= 0.3 is 0 Å². The van der Waals surface area contributed by atoms with Crippen LogP contribution in [0.2, 0.25) is 0 Å². The lowest BCUT2D eigenvalue weighted by atomic mass is 9.89. The molecule has 2 N–H and O–H groups in total. The lowest BCUT2D eigenvalue weighted by Gasteiger charge is -2.23. The third kappa shape index (κ3) is 2.71. The van der Waals surface area contributed by atoms with Crippen LogP contribution in [0.4, 0.5) is 0 Å². The largest absolute Gasteiger partial charge is 0.364 e. The predicted octanol–water partition coefficient (Wildman–Crippen LogP) is 2.68. The summed E-state index contributed by atoms with van der Waals surface area (Å²) < 4.78 is 1.58. The van der Waals surface area contributed by atoms with E-state index in [1.54, 1.807) is 16.7 Å². The summed E-state index contributed by atoms with van der Waals surface area (Å²) in [6, 6.07) is 9.09. The molecule has 1 fully saturated rings. The number of primary amides is 1. The highest BCUT2D eigenvalue weighted by molar-refractivity contribution is 5.95. The van der Waals surface area contributed by atoms with E-state index in [1.807, 2.05) is 18.2 Å². The molecule has 0 bridgehead atoms. The highest BCUT2D eigenvalue weighted by Crippen LogP contribution is 2.25. The number of benzene rings is 1. The Kier molecular flexibility index (Phi) is 3.78. The third-order valence-corrected chi connectivity index (χ3v) is 4.44. The zero-order valence-corrected chi connectivity index (χ0v) is 12.0. The van der Waals surface area contributed by atoms with Crippen molar-refractivity contribution in [3.63, 3.8) is 0 Å². The van der Waals surface area contributed by atoms with Crippen LogP contribution in [-0.2, 0) is 6.54 Å². The number of rotatable bonds is 3. The molecule has 2 aromatic rings. The van der Waals surface area contributed by atoms with Crippen LogP contribution < -0.4 is 11.3 Å². The Morgan fingerprint density at radius 3 is 2.62 bits per heavy atom. The molecule has 0 aliphatic heterocycles. The molecule has 0 unspecified atom stereocenters. The zero-order chi connectivity index (χ0) is 14.8. The van der Waals surface area contributed by atoms with Crippen LogP contribution in [0.3, 0.4) is 0 Å². The van der Waals surface area contributed by atoms with Gasteiger partial charge in [0.1, 0.15) is 5.69 Å². The molecule has 1 saturated carbocycles. The Bertz CT molecular complexity index is 727. The molecule has 110 valence electrons. The van der Waals surface area contributed by atoms with E-state index < -0.39 is 5.91 Å². The highest BCUT2D eigenvalue weighted by atomic mass is 16.2. The first-order chi connectivity index (χ1) is 10.2. The summed E-state index contributed by atoms with van der Waals surface area (Å²) in [4.78, 5) is 24.4. The normalized spacial score (nSPS) is 16.2. The molecule has 0 spiro atoms. The van der Waals surface area contributed by atoms with Crippen molar-refractivity contribution in [3.8, 4) is 0 Å². The molecule has 0 atom stereocenters. The first-order valence-electron chi connectivity index (χ1n) is 7.59. The Labute approximate surface area is 123 Å². The van der Waals surface area contributed by atoms with E-state index in [0.29, 0.717) is 23.5 Å². The van der Waals surface area contributed by atoms with Gasteiger partial charge in [0.15, 0.2) is 0 Å². The topological polar surface area (TPSA) is 65.1 Å². The van der Waals surface area contributed by atoms with E-state index in [-0.39, 0.29) is 5.56 Å². The molecule has 1 aliphatic carbocycles. The minimum atomic E-state index is -0.534. The minimum Gasteiger partial charge on any atom is -0.364 e. The van der Waals surface area contributed by atoms with Crippen LogP contribution in [0.15, 0.2) is 35.1 Å². The monoisotopic (exact) mass is 284 g/mol. The molecule has 1 aromatic carbocycles. The van der Waals surface area contributed by atoms with Gasteiger partial charge in [-0.1, -0.05) is 37.5 Å². The molecule has 0 saturated heterocycles. The van der Waals surface area contributed by atoms with Gasteiger partial charge in [-0.3, -0.25) is 9.59 Å². The van der Waals surface area contributed by atoms with Crippen molar-refractivity contribution in [2.75, 3.05) is 0 Å². The SMILES string of the molecule is NC(=O)c1cc2ccccc2c(=O)n1CC1CCCCC1. The average Bonchev–Trinajstić information content (AvgIpc) is 2.51. The van der Waals surface area contributed by atoms with E-state index in [0.717, 1.165) is 18.2 Å². The average molecular weight is 284 g/mol. The molecule has 1 amide bonds. The van der Waals surface area contributed by atoms with Crippen LogP contribution >= 0.6 is 0 Å². The number of hydrogen-bond acceptors (Lipinski definition) is 2. The predicted molar refractivity (Wildman–Crippen MR) is 83.3 cm³/mol. The van der Waals surface area contributed by atoms with Crippen LogP contribution in [0.25, 0.3) is 10.8 Å². The summed E-state index contributed by atoms with van der Waals surface area (Å²) in [5.41, 5.74) is 5.70. The van der Waals surface area contributed by atoms with E-state index in [9.17, 15) is 9.59 Å². The fraction of sp³-hybridized carbons (Fsp3) is 0.412. The third-order valence-electron chi connectivity index (χ3n) is 4.44. The van der Waals surface area contributed by atoms with Gasteiger partial charge in [0.25, 0.3) is 11.5 Å². The van der Waals surface area contributed by atoms with Crippen LogP contribution in [-0.4, -0.2) is 10.5 Å². The summed E-state index contributed by atoms with van der Waals surface area (Å²) in [5.74, 6) is -0.0654. The van der Waals surface area contributed by atoms with Crippen molar-refractivity contribution in [1.29, 1.82) is 0 Å². The van der Waals surface area contributed by atoms with E-state index in [4.69, 9.17) is 5.73 Å². The fourth-order valence-corrected chi connectivity index (χ4v) is 3.31. The molecule has 21 heavy (non-hydrogen) atoms. The molecule has 4 heteroatoms. The Balaban J connectivity index is 2.10. The van der Waals surface area contributed by atoms with Gasteiger partial charge in [0.05, 0.1) is 0 Å². The van der Waals surface area contributed by atoms with Gasteiger partial charge in [-0.15, -0.1) is 0 Å². The van der Waals surface area contributed by atoms with Gasteiger partial charge in [-0.2, -0.15) is 0 Å². The second-order valence-electron chi connectivity index (χ2n) is 5.90. The van der Waals surface area contributed by atoms with Gasteiger partial charge < -0.3 is 10.3 Å². The summed E-state index contributed by atoms with van der Waals surface area (Å²) in [6.07, 6.45) is 5.93. The van der Waals surface area contributed by atoms with Crippen LogP contribution in [0, 0.1) is 5.92 Å². The summed E-state index contributed by atoms with van der Waals surface area (Å²) in [6.45, 7) is 0.599. The van der Waals surface area contributed by atoms with E-state index >= 15 is 0 Å². The van der Waals surface area contributed by atoms with Gasteiger partial charge in [0.2, 0.25) is 0 Å². The fourth-order valence-electron chi connectivity index (χ4n) is 3.31. The van der Waals surface area contributed by atoms with Crippen LogP contribution in [0.5, 0.6) is 0 Å². The Morgan fingerprint density at radius 1 is 1.19 bits per heavy atom. The lowest BCUT2D eigenvalue weighted by Crippen LogP contribution is -2.32. The number of hydrogen-bond donors (Lipinski definition) is 1. The van der Waals surface area contributed by atoms with Crippen molar-refractivity contribution in [1.82, 2.24) is 4.57 Å². The Hall–Kier alpha value is -2.10. The first kappa shape index (κ1) is 13.9. The first-order valence-corrected chi connectivity index (χ1v) is 7.59. The quantitative estimate of drug-likeness (QED) is 0.941. The molecule has 4 nitrogen and oxygen atoms in total. The molecule has 1 aromatic heterocycles. The van der Waals surface area contributed by atoms with Crippen LogP contribution in [0.1, 0.15) is 42.6 Å². The number of aromatic nitrogens is 1. The minimum absolute atomic E-state index is 0.104. The smallest absolute Gasteiger partial charge is 0.265 e. The van der Waals surface area contributed by atoms with Crippen molar-refractivity contribution in [2.24, 2.45) is 11.7 Å². The second kappa shape index (κ2) is 5.72. The number of nitrogens with two attached hydrogens (primary N) is 1. The number of amides is 1. The lowest BCUT2D eigenvalue weighted by molar-refractivity contribution is 0.0988. The maximum absolute atomic E-state index is 12.7. The number of nitrogens with zero attached hydrogens (tertiary/aromatic N) is 1. The summed E-state index contributed by atoms with van der Waals surface area (Å²) in [5, 5.41) is 1.43. The van der Waals surface area contributed by atoms with E-state index in [1.165, 1.54) is 19.3 Å². The summed E-state index contributed by atoms with van der Waals surface area (Å²) in [7, 11) is 0. The zero-order valence-electron chi connectivity index (χ0n) is 12.0. The standard InChI is InChI=1S/C17H20N2O2/c18-16(20)15-10-13-8-4-5-9-14(13)17(21)19(15)11-12-6-2-1-3-7-12/h4-5,8-10,12H,1-3,6-7,11H2,(H2,18,20). The van der Waals surface area contributed by atoms with Crippen molar-refractivity contribution < 1.29 is 4.79 Å². The van der Waals surface area contributed by atoms with Gasteiger partial charge in [-0.25, -0.2) is 0 Å². The Morgan fingerprint density at radius 2 is 1.90 bits per heavy atom. The number of carbonyl (C=O) groups is 1. The summed E-state index contributed by atoms with van der Waals surface area (Å²) >= 11 is 0. The maximum Gasteiger partial charge on any atom is 0.265 e. The molecular weight excluding hydrogens is 264 g/mol. The second-order valence-corrected chi connectivity index (χ2v) is 5.90. The van der Waals surface area contributed by atoms with Gasteiger partial charge in [-0.05, 0) is 36.3 Å². The molecule has 3 rings (SSSR count).